The number of Topliss-reactive ketones (excluding diaryl/α,β-unsaturated/α-hetero) is 1. The molecule has 0 radical (unpaired) electrons. The van der Waals surface area contributed by atoms with Crippen LogP contribution >= 0.6 is 0 Å². The summed E-state index contributed by atoms with van der Waals surface area (Å²) in [4.78, 5) is 23.4. The number of ketones is 1. The molecule has 1 aliphatic carbocycles. The van der Waals surface area contributed by atoms with Gasteiger partial charge in [0, 0.05) is 12.8 Å². The van der Waals surface area contributed by atoms with Crippen molar-refractivity contribution in [1.29, 1.82) is 0 Å². The van der Waals surface area contributed by atoms with Crippen LogP contribution in [0.25, 0.3) is 0 Å². The number of unbranched alkanes of at least 4 members (excludes halogenated alkanes) is 1. The van der Waals surface area contributed by atoms with Crippen LogP contribution in [0.15, 0.2) is 11.6 Å². The summed E-state index contributed by atoms with van der Waals surface area (Å²) in [7, 11) is 0. The topological polar surface area (TPSA) is 43.4 Å². The van der Waals surface area contributed by atoms with Crippen LogP contribution in [0, 0.1) is 0 Å². The van der Waals surface area contributed by atoms with Crippen molar-refractivity contribution in [3.05, 3.63) is 11.6 Å². The highest BCUT2D eigenvalue weighted by Gasteiger charge is 2.39. The monoisotopic (exact) mass is 238 g/mol. The fourth-order valence-corrected chi connectivity index (χ4v) is 2.02. The van der Waals surface area contributed by atoms with Crippen molar-refractivity contribution in [2.45, 2.75) is 64.9 Å². The molecule has 0 bridgehead atoms. The molecule has 1 atom stereocenters. The fourth-order valence-electron chi connectivity index (χ4n) is 2.02. The summed E-state index contributed by atoms with van der Waals surface area (Å²) >= 11 is 0. The van der Waals surface area contributed by atoms with E-state index < -0.39 is 5.60 Å². The number of rotatable bonds is 5. The molecule has 0 aliphatic heterocycles. The molecule has 0 saturated carbocycles. The first-order valence-corrected chi connectivity index (χ1v) is 6.38. The maximum atomic E-state index is 11.7. The van der Waals surface area contributed by atoms with E-state index in [0.717, 1.165) is 19.3 Å². The third-order valence-corrected chi connectivity index (χ3v) is 3.39. The zero-order chi connectivity index (χ0) is 12.9. The van der Waals surface area contributed by atoms with Gasteiger partial charge >= 0.3 is 5.97 Å². The van der Waals surface area contributed by atoms with Gasteiger partial charge in [0.25, 0.3) is 0 Å². The Labute approximate surface area is 103 Å². The van der Waals surface area contributed by atoms with E-state index in [-0.39, 0.29) is 11.8 Å². The highest BCUT2D eigenvalue weighted by molar-refractivity contribution is 5.88. The fraction of sp³-hybridized carbons (Fsp3) is 0.714. The molecule has 96 valence electrons. The normalized spacial score (nSPS) is 24.1. The van der Waals surface area contributed by atoms with Crippen molar-refractivity contribution >= 4 is 11.8 Å². The molecule has 1 unspecified atom stereocenters. The van der Waals surface area contributed by atoms with Crippen molar-refractivity contribution in [3.8, 4) is 0 Å². The number of hydrogen-bond donors (Lipinski definition) is 0. The maximum Gasteiger partial charge on any atom is 0.306 e. The van der Waals surface area contributed by atoms with Crippen LogP contribution in [0.1, 0.15) is 59.3 Å². The van der Waals surface area contributed by atoms with Crippen LogP contribution in [0.4, 0.5) is 0 Å². The summed E-state index contributed by atoms with van der Waals surface area (Å²) < 4.78 is 5.46. The van der Waals surface area contributed by atoms with Crippen LogP contribution in [0.3, 0.4) is 0 Å². The summed E-state index contributed by atoms with van der Waals surface area (Å²) in [5.74, 6) is -0.277. The second kappa shape index (κ2) is 5.99. The lowest BCUT2D eigenvalue weighted by Gasteiger charge is -2.33. The van der Waals surface area contributed by atoms with Gasteiger partial charge in [0.2, 0.25) is 0 Å². The van der Waals surface area contributed by atoms with E-state index in [0.29, 0.717) is 19.3 Å². The molecule has 0 fully saturated rings. The minimum absolute atomic E-state index is 0.0360. The molecule has 1 aliphatic rings. The van der Waals surface area contributed by atoms with Crippen LogP contribution < -0.4 is 0 Å². The predicted molar refractivity (Wildman–Crippen MR) is 66.6 cm³/mol. The highest BCUT2D eigenvalue weighted by Crippen LogP contribution is 2.32. The van der Waals surface area contributed by atoms with Gasteiger partial charge in [-0.15, -0.1) is 0 Å². The number of carbonyl (C=O) groups is 2. The Morgan fingerprint density at radius 1 is 1.47 bits per heavy atom. The summed E-state index contributed by atoms with van der Waals surface area (Å²) in [5.41, 5.74) is 0.385. The van der Waals surface area contributed by atoms with E-state index in [1.165, 1.54) is 12.5 Å². The van der Waals surface area contributed by atoms with Crippen LogP contribution in [-0.2, 0) is 14.3 Å². The van der Waals surface area contributed by atoms with Crippen molar-refractivity contribution in [3.63, 3.8) is 0 Å². The molecule has 0 N–H and O–H groups in total. The Morgan fingerprint density at radius 2 is 2.18 bits per heavy atom. The largest absolute Gasteiger partial charge is 0.451 e. The van der Waals surface area contributed by atoms with Gasteiger partial charge in [-0.05, 0) is 33.1 Å². The number of carbonyl (C=O) groups excluding carboxylic acids is 2. The molecule has 0 aromatic rings. The molecule has 0 aromatic carbocycles. The predicted octanol–water partition coefficient (Wildman–Crippen LogP) is 3.18. The Bertz CT molecular complexity index is 330. The van der Waals surface area contributed by atoms with Gasteiger partial charge in [-0.25, -0.2) is 0 Å². The average Bonchev–Trinajstić information content (AvgIpc) is 2.29. The minimum atomic E-state index is -0.885. The summed E-state index contributed by atoms with van der Waals surface area (Å²) in [5, 5.41) is 0. The first kappa shape index (κ1) is 13.9. The molecule has 0 aromatic heterocycles. The summed E-state index contributed by atoms with van der Waals surface area (Å²) in [6.45, 7) is 5.59. The number of esters is 1. The van der Waals surface area contributed by atoms with Gasteiger partial charge in [0.15, 0.2) is 11.4 Å². The number of allylic oxidation sites excluding steroid dienone is 1. The van der Waals surface area contributed by atoms with E-state index in [4.69, 9.17) is 4.74 Å². The zero-order valence-electron chi connectivity index (χ0n) is 11.0. The standard InChI is InChI=1S/C14H22O3/c1-4-5-6-13(16)17-14(12(3)15)9-7-11(2)8-10-14/h7H,4-6,8-10H2,1-3H3. The second-order valence-corrected chi connectivity index (χ2v) is 4.88. The van der Waals surface area contributed by atoms with Crippen LogP contribution in [0.2, 0.25) is 0 Å². The Hall–Kier alpha value is -1.12. The van der Waals surface area contributed by atoms with Gasteiger partial charge in [-0.3, -0.25) is 9.59 Å². The smallest absolute Gasteiger partial charge is 0.306 e. The Kier molecular flexibility index (Phi) is 4.91. The first-order chi connectivity index (χ1) is 8.00. The van der Waals surface area contributed by atoms with Crippen LogP contribution in [-0.4, -0.2) is 17.4 Å². The van der Waals surface area contributed by atoms with Gasteiger partial charge < -0.3 is 4.74 Å². The SMILES string of the molecule is CCCCC(=O)OC1(C(C)=O)CC=C(C)CC1. The third-order valence-electron chi connectivity index (χ3n) is 3.39. The molecule has 0 spiro atoms. The lowest BCUT2D eigenvalue weighted by molar-refractivity contribution is -0.168. The molecule has 0 amide bonds. The number of ether oxygens (including phenoxy) is 1. The van der Waals surface area contributed by atoms with E-state index in [1.54, 1.807) is 0 Å². The van der Waals surface area contributed by atoms with E-state index >= 15 is 0 Å². The van der Waals surface area contributed by atoms with Crippen molar-refractivity contribution in [1.82, 2.24) is 0 Å². The summed E-state index contributed by atoms with van der Waals surface area (Å²) in [6, 6.07) is 0. The Balaban J connectivity index is 2.67. The second-order valence-electron chi connectivity index (χ2n) is 4.88. The molecule has 3 nitrogen and oxygen atoms in total. The summed E-state index contributed by atoms with van der Waals surface area (Å²) in [6.07, 6.45) is 6.20. The quantitative estimate of drug-likeness (QED) is 0.545. The van der Waals surface area contributed by atoms with E-state index in [2.05, 4.69) is 0 Å². The lowest BCUT2D eigenvalue weighted by Crippen LogP contribution is -2.43. The van der Waals surface area contributed by atoms with Gasteiger partial charge in [-0.1, -0.05) is 25.0 Å². The molecular weight excluding hydrogens is 216 g/mol. The highest BCUT2D eigenvalue weighted by atomic mass is 16.6. The van der Waals surface area contributed by atoms with Crippen molar-refractivity contribution in [2.75, 3.05) is 0 Å². The molecule has 17 heavy (non-hydrogen) atoms. The van der Waals surface area contributed by atoms with Crippen LogP contribution in [0.5, 0.6) is 0 Å². The van der Waals surface area contributed by atoms with Crippen molar-refractivity contribution in [2.24, 2.45) is 0 Å². The molecule has 0 saturated heterocycles. The van der Waals surface area contributed by atoms with E-state index in [1.807, 2.05) is 19.9 Å². The van der Waals surface area contributed by atoms with E-state index in [9.17, 15) is 9.59 Å². The van der Waals surface area contributed by atoms with Gasteiger partial charge in [0.05, 0.1) is 0 Å². The average molecular weight is 238 g/mol. The molecule has 0 heterocycles. The molecule has 1 rings (SSSR count). The lowest BCUT2D eigenvalue weighted by atomic mass is 9.83. The minimum Gasteiger partial charge on any atom is -0.451 e. The van der Waals surface area contributed by atoms with Gasteiger partial charge in [-0.2, -0.15) is 0 Å². The van der Waals surface area contributed by atoms with Gasteiger partial charge in [0.1, 0.15) is 0 Å². The number of hydrogen-bond acceptors (Lipinski definition) is 3. The Morgan fingerprint density at radius 3 is 2.65 bits per heavy atom. The third kappa shape index (κ3) is 3.69. The molecule has 3 heteroatoms. The zero-order valence-corrected chi connectivity index (χ0v) is 11.0. The molecular formula is C14H22O3. The van der Waals surface area contributed by atoms with Crippen molar-refractivity contribution < 1.29 is 14.3 Å². The first-order valence-electron chi connectivity index (χ1n) is 6.38. The maximum absolute atomic E-state index is 11.7.